The van der Waals surface area contributed by atoms with Crippen LogP contribution in [0.2, 0.25) is 0 Å². The van der Waals surface area contributed by atoms with Gasteiger partial charge in [0.1, 0.15) is 0 Å². The Kier molecular flexibility index (Phi) is 5.64. The van der Waals surface area contributed by atoms with E-state index in [-0.39, 0.29) is 5.41 Å². The zero-order valence-electron chi connectivity index (χ0n) is 13.9. The summed E-state index contributed by atoms with van der Waals surface area (Å²) in [7, 11) is 0. The lowest BCUT2D eigenvalue weighted by Crippen LogP contribution is -2.33. The van der Waals surface area contributed by atoms with Crippen LogP contribution in [0.3, 0.4) is 0 Å². The van der Waals surface area contributed by atoms with Crippen LogP contribution in [0.4, 0.5) is 0 Å². The minimum Gasteiger partial charge on any atom is -0.306 e. The van der Waals surface area contributed by atoms with Crippen LogP contribution in [-0.2, 0) is 5.41 Å². The molecule has 0 spiro atoms. The molecule has 21 heavy (non-hydrogen) atoms. The van der Waals surface area contributed by atoms with Crippen molar-refractivity contribution in [2.45, 2.75) is 57.9 Å². The molecule has 2 atom stereocenters. The fourth-order valence-electron chi connectivity index (χ4n) is 3.31. The van der Waals surface area contributed by atoms with E-state index in [0.29, 0.717) is 12.0 Å². The van der Waals surface area contributed by atoms with Crippen LogP contribution < -0.4 is 5.32 Å². The molecule has 1 nitrogen and oxygen atoms in total. The van der Waals surface area contributed by atoms with E-state index < -0.39 is 0 Å². The summed E-state index contributed by atoms with van der Waals surface area (Å²) in [4.78, 5) is 0. The van der Waals surface area contributed by atoms with Gasteiger partial charge in [-0.2, -0.15) is 0 Å². The Morgan fingerprint density at radius 2 is 1.95 bits per heavy atom. The minimum absolute atomic E-state index is 0.192. The molecular weight excluding hydrogens is 254 g/mol. The lowest BCUT2D eigenvalue weighted by atomic mass is 9.77. The standard InChI is InChI=1S/C20H30N/c1-5-6-7-11-16-12-10-15-21-19(16)17-13-8-9-14-18(17)20(2,3)4/h8-10,12-14,16,19,21H,1,5-7,11,15H2,2-4H3. The maximum absolute atomic E-state index is 3.96. The Hall–Kier alpha value is -1.08. The second kappa shape index (κ2) is 7.26. The molecule has 1 aliphatic heterocycles. The lowest BCUT2D eigenvalue weighted by Gasteiger charge is -2.34. The average Bonchev–Trinajstić information content (AvgIpc) is 2.47. The third-order valence-corrected chi connectivity index (χ3v) is 4.41. The first-order valence-electron chi connectivity index (χ1n) is 8.32. The Balaban J connectivity index is 2.24. The van der Waals surface area contributed by atoms with Crippen LogP contribution in [0, 0.1) is 12.8 Å². The zero-order valence-corrected chi connectivity index (χ0v) is 13.9. The van der Waals surface area contributed by atoms with Crippen molar-refractivity contribution in [2.75, 3.05) is 6.54 Å². The molecule has 115 valence electrons. The van der Waals surface area contributed by atoms with Crippen LogP contribution >= 0.6 is 0 Å². The first-order valence-corrected chi connectivity index (χ1v) is 8.32. The molecule has 1 heterocycles. The number of nitrogens with one attached hydrogen (secondary N) is 1. The molecule has 0 saturated heterocycles. The highest BCUT2D eigenvalue weighted by atomic mass is 14.9. The van der Waals surface area contributed by atoms with Crippen LogP contribution in [0.5, 0.6) is 0 Å². The number of rotatable bonds is 5. The highest BCUT2D eigenvalue weighted by molar-refractivity contribution is 5.36. The highest BCUT2D eigenvalue weighted by Crippen LogP contribution is 2.36. The van der Waals surface area contributed by atoms with Gasteiger partial charge in [0.05, 0.1) is 0 Å². The second-order valence-corrected chi connectivity index (χ2v) is 7.16. The summed E-state index contributed by atoms with van der Waals surface area (Å²) in [5.74, 6) is 0.605. The molecule has 1 aromatic carbocycles. The summed E-state index contributed by atoms with van der Waals surface area (Å²) >= 11 is 0. The van der Waals surface area contributed by atoms with Gasteiger partial charge in [-0.05, 0) is 28.9 Å². The molecule has 0 aliphatic carbocycles. The topological polar surface area (TPSA) is 12.0 Å². The van der Waals surface area contributed by atoms with Gasteiger partial charge in [-0.1, -0.05) is 83.4 Å². The fourth-order valence-corrected chi connectivity index (χ4v) is 3.31. The number of unbranched alkanes of at least 4 members (excludes halogenated alkanes) is 2. The monoisotopic (exact) mass is 284 g/mol. The third-order valence-electron chi connectivity index (χ3n) is 4.41. The molecular formula is C20H30N. The van der Waals surface area contributed by atoms with Crippen molar-refractivity contribution in [3.05, 3.63) is 54.5 Å². The summed E-state index contributed by atoms with van der Waals surface area (Å²) in [6, 6.07) is 9.40. The van der Waals surface area contributed by atoms with Crippen molar-refractivity contribution in [3.63, 3.8) is 0 Å². The Bertz CT molecular complexity index is 467. The Morgan fingerprint density at radius 3 is 2.67 bits per heavy atom. The summed E-state index contributed by atoms with van der Waals surface area (Å²) in [5, 5.41) is 3.72. The maximum Gasteiger partial charge on any atom is 0.0389 e. The van der Waals surface area contributed by atoms with Crippen LogP contribution in [0.15, 0.2) is 36.4 Å². The zero-order chi connectivity index (χ0) is 15.3. The van der Waals surface area contributed by atoms with E-state index in [9.17, 15) is 0 Å². The molecule has 0 amide bonds. The van der Waals surface area contributed by atoms with Gasteiger partial charge < -0.3 is 5.32 Å². The maximum atomic E-state index is 3.96. The van der Waals surface area contributed by atoms with Crippen molar-refractivity contribution in [2.24, 2.45) is 5.92 Å². The molecule has 0 fully saturated rings. The van der Waals surface area contributed by atoms with Gasteiger partial charge in [0.15, 0.2) is 0 Å². The Morgan fingerprint density at radius 1 is 1.19 bits per heavy atom. The smallest absolute Gasteiger partial charge is 0.0389 e. The fraction of sp³-hybridized carbons (Fsp3) is 0.550. The number of hydrogen-bond acceptors (Lipinski definition) is 1. The first kappa shape index (κ1) is 16.3. The predicted molar refractivity (Wildman–Crippen MR) is 92.3 cm³/mol. The van der Waals surface area contributed by atoms with Crippen molar-refractivity contribution in [1.82, 2.24) is 5.32 Å². The van der Waals surface area contributed by atoms with Gasteiger partial charge >= 0.3 is 0 Å². The van der Waals surface area contributed by atoms with Crippen molar-refractivity contribution in [1.29, 1.82) is 0 Å². The van der Waals surface area contributed by atoms with E-state index in [1.165, 1.54) is 30.4 Å². The molecule has 0 saturated carbocycles. The van der Waals surface area contributed by atoms with Crippen LogP contribution in [0.25, 0.3) is 0 Å². The van der Waals surface area contributed by atoms with E-state index in [1.807, 2.05) is 0 Å². The van der Waals surface area contributed by atoms with E-state index in [0.717, 1.165) is 13.0 Å². The molecule has 1 radical (unpaired) electrons. The molecule has 1 heteroatoms. The SMILES string of the molecule is [CH2]CCCCC1C=CCNC1c1ccccc1C(C)(C)C. The average molecular weight is 284 g/mol. The summed E-state index contributed by atoms with van der Waals surface area (Å²) in [5.41, 5.74) is 3.14. The predicted octanol–water partition coefficient (Wildman–Crippen LogP) is 5.20. The molecule has 0 bridgehead atoms. The highest BCUT2D eigenvalue weighted by Gasteiger charge is 2.27. The van der Waals surface area contributed by atoms with Gasteiger partial charge in [0.25, 0.3) is 0 Å². The van der Waals surface area contributed by atoms with E-state index >= 15 is 0 Å². The van der Waals surface area contributed by atoms with Crippen LogP contribution in [-0.4, -0.2) is 6.54 Å². The summed E-state index contributed by atoms with van der Waals surface area (Å²) in [6.45, 7) is 11.9. The lowest BCUT2D eigenvalue weighted by molar-refractivity contribution is 0.380. The minimum atomic E-state index is 0.192. The van der Waals surface area contributed by atoms with Gasteiger partial charge in [-0.15, -0.1) is 0 Å². The van der Waals surface area contributed by atoms with Crippen molar-refractivity contribution < 1.29 is 0 Å². The second-order valence-electron chi connectivity index (χ2n) is 7.16. The third kappa shape index (κ3) is 4.20. The van der Waals surface area contributed by atoms with Gasteiger partial charge in [0.2, 0.25) is 0 Å². The Labute approximate surface area is 130 Å². The van der Waals surface area contributed by atoms with E-state index in [1.54, 1.807) is 0 Å². The number of hydrogen-bond donors (Lipinski definition) is 1. The molecule has 1 N–H and O–H groups in total. The van der Waals surface area contributed by atoms with Gasteiger partial charge in [-0.3, -0.25) is 0 Å². The van der Waals surface area contributed by atoms with E-state index in [4.69, 9.17) is 0 Å². The molecule has 2 unspecified atom stereocenters. The molecule has 1 aliphatic rings. The summed E-state index contributed by atoms with van der Waals surface area (Å²) < 4.78 is 0. The quantitative estimate of drug-likeness (QED) is 0.579. The van der Waals surface area contributed by atoms with Crippen molar-refractivity contribution in [3.8, 4) is 0 Å². The van der Waals surface area contributed by atoms with Gasteiger partial charge in [-0.25, -0.2) is 0 Å². The first-order chi connectivity index (χ1) is 10.0. The normalized spacial score (nSPS) is 22.5. The summed E-state index contributed by atoms with van der Waals surface area (Å²) in [6.07, 6.45) is 9.51. The van der Waals surface area contributed by atoms with Gasteiger partial charge in [0, 0.05) is 12.6 Å². The van der Waals surface area contributed by atoms with E-state index in [2.05, 4.69) is 69.4 Å². The van der Waals surface area contributed by atoms with Crippen LogP contribution in [0.1, 0.15) is 63.6 Å². The molecule has 2 rings (SSSR count). The van der Waals surface area contributed by atoms with Crippen molar-refractivity contribution >= 4 is 0 Å². The molecule has 1 aromatic rings. The largest absolute Gasteiger partial charge is 0.306 e. The molecule has 0 aromatic heterocycles. The number of benzene rings is 1.